The maximum atomic E-state index is 6.10. The summed E-state index contributed by atoms with van der Waals surface area (Å²) in [7, 11) is 0. The van der Waals surface area contributed by atoms with Crippen molar-refractivity contribution in [1.82, 2.24) is 0 Å². The Morgan fingerprint density at radius 1 is 1.04 bits per heavy atom. The van der Waals surface area contributed by atoms with Crippen LogP contribution in [-0.4, -0.2) is 24.7 Å². The minimum atomic E-state index is -0.609. The highest BCUT2D eigenvalue weighted by atomic mass is 16.7. The minimum Gasteiger partial charge on any atom is -0.348 e. The van der Waals surface area contributed by atoms with Crippen molar-refractivity contribution in [3.8, 4) is 11.8 Å². The molecule has 2 atom stereocenters. The molecular formula is C21H21NO2. The molecule has 3 heteroatoms. The van der Waals surface area contributed by atoms with Crippen molar-refractivity contribution in [2.24, 2.45) is 4.99 Å². The van der Waals surface area contributed by atoms with E-state index < -0.39 is 5.79 Å². The Morgan fingerprint density at radius 2 is 1.71 bits per heavy atom. The van der Waals surface area contributed by atoms with Crippen molar-refractivity contribution in [1.29, 1.82) is 0 Å². The van der Waals surface area contributed by atoms with Gasteiger partial charge in [0.25, 0.3) is 0 Å². The van der Waals surface area contributed by atoms with Gasteiger partial charge in [-0.2, -0.15) is 0 Å². The molecule has 0 N–H and O–H groups in total. The first-order valence-corrected chi connectivity index (χ1v) is 8.09. The molecule has 0 amide bonds. The zero-order valence-corrected chi connectivity index (χ0v) is 14.0. The second-order valence-electron chi connectivity index (χ2n) is 6.14. The average Bonchev–Trinajstić information content (AvgIpc) is 2.61. The number of nitrogens with zero attached hydrogens (tertiary/aromatic N) is 1. The number of aliphatic imine (C=N–C) groups is 1. The van der Waals surface area contributed by atoms with Crippen molar-refractivity contribution in [2.75, 3.05) is 6.61 Å². The van der Waals surface area contributed by atoms with Crippen LogP contribution in [0, 0.1) is 11.8 Å². The zero-order valence-electron chi connectivity index (χ0n) is 14.0. The van der Waals surface area contributed by atoms with Crippen LogP contribution in [-0.2, 0) is 9.47 Å². The summed E-state index contributed by atoms with van der Waals surface area (Å²) in [6.45, 7) is 4.37. The Balaban J connectivity index is 1.75. The topological polar surface area (TPSA) is 30.8 Å². The maximum absolute atomic E-state index is 6.10. The molecule has 0 unspecified atom stereocenters. The molecule has 1 heterocycles. The van der Waals surface area contributed by atoms with Crippen LogP contribution < -0.4 is 0 Å². The maximum Gasteiger partial charge on any atom is 0.163 e. The number of hydrogen-bond acceptors (Lipinski definition) is 3. The van der Waals surface area contributed by atoms with Gasteiger partial charge in [-0.25, -0.2) is 0 Å². The van der Waals surface area contributed by atoms with Gasteiger partial charge >= 0.3 is 0 Å². The molecule has 1 aliphatic rings. The lowest BCUT2D eigenvalue weighted by Crippen LogP contribution is -2.43. The summed E-state index contributed by atoms with van der Waals surface area (Å²) in [5, 5.41) is 0. The van der Waals surface area contributed by atoms with E-state index in [1.807, 2.05) is 62.4 Å². The zero-order chi connectivity index (χ0) is 16.8. The van der Waals surface area contributed by atoms with Gasteiger partial charge in [-0.1, -0.05) is 54.5 Å². The Kier molecular flexibility index (Phi) is 5.10. The summed E-state index contributed by atoms with van der Waals surface area (Å²) in [5.41, 5.74) is 2.08. The summed E-state index contributed by atoms with van der Waals surface area (Å²) in [6.07, 6.45) is 1.52. The molecule has 0 spiro atoms. The van der Waals surface area contributed by atoms with Gasteiger partial charge in [-0.05, 0) is 37.5 Å². The van der Waals surface area contributed by atoms with E-state index in [1.165, 1.54) is 0 Å². The van der Waals surface area contributed by atoms with E-state index in [9.17, 15) is 0 Å². The lowest BCUT2D eigenvalue weighted by molar-refractivity contribution is -0.281. The fraction of sp³-hybridized carbons (Fsp3) is 0.286. The molecule has 0 saturated carbocycles. The van der Waals surface area contributed by atoms with E-state index >= 15 is 0 Å². The highest BCUT2D eigenvalue weighted by Gasteiger charge is 2.37. The monoisotopic (exact) mass is 319 g/mol. The van der Waals surface area contributed by atoms with Gasteiger partial charge in [0.15, 0.2) is 5.79 Å². The van der Waals surface area contributed by atoms with Gasteiger partial charge < -0.3 is 9.47 Å². The molecule has 0 aromatic heterocycles. The van der Waals surface area contributed by atoms with Crippen LogP contribution in [0.1, 0.15) is 31.1 Å². The molecule has 3 rings (SSSR count). The Bertz CT molecular complexity index is 742. The fourth-order valence-electron chi connectivity index (χ4n) is 2.62. The third-order valence-corrected chi connectivity index (χ3v) is 3.81. The van der Waals surface area contributed by atoms with Gasteiger partial charge in [0, 0.05) is 5.56 Å². The second kappa shape index (κ2) is 7.44. The van der Waals surface area contributed by atoms with Crippen molar-refractivity contribution < 1.29 is 9.47 Å². The first-order chi connectivity index (χ1) is 11.6. The number of benzene rings is 2. The summed E-state index contributed by atoms with van der Waals surface area (Å²) in [4.78, 5) is 4.57. The third-order valence-electron chi connectivity index (χ3n) is 3.81. The van der Waals surface area contributed by atoms with Gasteiger partial charge in [-0.3, -0.25) is 4.99 Å². The fourth-order valence-corrected chi connectivity index (χ4v) is 2.62. The van der Waals surface area contributed by atoms with Crippen molar-refractivity contribution >= 4 is 6.21 Å². The van der Waals surface area contributed by atoms with Crippen LogP contribution in [0.25, 0.3) is 0 Å². The van der Waals surface area contributed by atoms with E-state index in [-0.39, 0.29) is 12.1 Å². The molecule has 0 radical (unpaired) electrons. The molecule has 2 aromatic rings. The molecule has 3 nitrogen and oxygen atoms in total. The minimum absolute atomic E-state index is 0.106. The molecule has 1 saturated heterocycles. The van der Waals surface area contributed by atoms with Crippen LogP contribution in [0.4, 0.5) is 0 Å². The van der Waals surface area contributed by atoms with Crippen LogP contribution in [0.2, 0.25) is 0 Å². The average molecular weight is 319 g/mol. The van der Waals surface area contributed by atoms with Gasteiger partial charge in [-0.15, -0.1) is 0 Å². The molecule has 0 aliphatic carbocycles. The molecule has 1 fully saturated rings. The Labute approximate surface area is 143 Å². The molecule has 1 aliphatic heterocycles. The predicted molar refractivity (Wildman–Crippen MR) is 95.9 cm³/mol. The van der Waals surface area contributed by atoms with Crippen LogP contribution >= 0.6 is 0 Å². The van der Waals surface area contributed by atoms with Crippen molar-refractivity contribution in [3.63, 3.8) is 0 Å². The summed E-state index contributed by atoms with van der Waals surface area (Å²) >= 11 is 0. The Hall–Kier alpha value is -2.41. The lowest BCUT2D eigenvalue weighted by atomic mass is 10.0. The second-order valence-corrected chi connectivity index (χ2v) is 6.14. The number of hydrogen-bond donors (Lipinski definition) is 0. The number of ether oxygens (including phenoxy) is 2. The lowest BCUT2D eigenvalue weighted by Gasteiger charge is -2.39. The molecule has 122 valence electrons. The SMILES string of the molecule is CC1(C)OC[C@H](N=CC#Cc2ccccc2)[C@H](c2ccccc2)O1. The molecular weight excluding hydrogens is 298 g/mol. The van der Waals surface area contributed by atoms with Crippen LogP contribution in [0.5, 0.6) is 0 Å². The van der Waals surface area contributed by atoms with Crippen molar-refractivity contribution in [2.45, 2.75) is 31.8 Å². The third kappa shape index (κ3) is 4.32. The van der Waals surface area contributed by atoms with Crippen LogP contribution in [0.3, 0.4) is 0 Å². The first-order valence-electron chi connectivity index (χ1n) is 8.09. The Morgan fingerprint density at radius 3 is 2.42 bits per heavy atom. The van der Waals surface area contributed by atoms with Crippen LogP contribution in [0.15, 0.2) is 65.7 Å². The largest absolute Gasteiger partial charge is 0.348 e. The van der Waals surface area contributed by atoms with E-state index in [2.05, 4.69) is 29.0 Å². The van der Waals surface area contributed by atoms with E-state index in [0.29, 0.717) is 6.61 Å². The van der Waals surface area contributed by atoms with Crippen molar-refractivity contribution in [3.05, 3.63) is 71.8 Å². The normalized spacial score (nSPS) is 22.8. The van der Waals surface area contributed by atoms with Gasteiger partial charge in [0.05, 0.1) is 12.8 Å². The molecule has 2 aromatic carbocycles. The number of rotatable bonds is 2. The first kappa shape index (κ1) is 16.4. The van der Waals surface area contributed by atoms with Gasteiger partial charge in [0.1, 0.15) is 12.1 Å². The summed E-state index contributed by atoms with van der Waals surface area (Å²) < 4.78 is 11.9. The highest BCUT2D eigenvalue weighted by molar-refractivity contribution is 5.79. The van der Waals surface area contributed by atoms with E-state index in [0.717, 1.165) is 11.1 Å². The summed E-state index contributed by atoms with van der Waals surface area (Å²) in [5.74, 6) is 5.45. The predicted octanol–water partition coefficient (Wildman–Crippen LogP) is 4.00. The quantitative estimate of drug-likeness (QED) is 0.619. The summed E-state index contributed by atoms with van der Waals surface area (Å²) in [6, 6.07) is 19.9. The highest BCUT2D eigenvalue weighted by Crippen LogP contribution is 2.34. The standard InChI is InChI=1S/C21H21NO2/c1-21(2)23-16-19(20(24-21)18-13-7-4-8-14-18)22-15-9-12-17-10-5-3-6-11-17/h3-8,10-11,13-15,19-20H,16H2,1-2H3/t19-,20-/m0/s1. The molecule has 24 heavy (non-hydrogen) atoms. The smallest absolute Gasteiger partial charge is 0.163 e. The van der Waals surface area contributed by atoms with E-state index in [4.69, 9.17) is 9.47 Å². The molecule has 0 bridgehead atoms. The van der Waals surface area contributed by atoms with E-state index in [1.54, 1.807) is 6.21 Å². The van der Waals surface area contributed by atoms with Gasteiger partial charge in [0.2, 0.25) is 0 Å².